The zero-order chi connectivity index (χ0) is 30.7. The summed E-state index contributed by atoms with van der Waals surface area (Å²) < 4.78 is 11.0. The van der Waals surface area contributed by atoms with Crippen molar-refractivity contribution in [3.63, 3.8) is 0 Å². The zero-order valence-electron chi connectivity index (χ0n) is 25.4. The molecule has 2 aliphatic rings. The Bertz CT molecular complexity index is 1970. The largest absolute Gasteiger partial charge is 0.378 e. The molecular formula is C36H34N8O2. The number of hydrogen-bond acceptors (Lipinski definition) is 10. The van der Waals surface area contributed by atoms with Gasteiger partial charge in [-0.15, -0.1) is 0 Å². The third kappa shape index (κ3) is 5.88. The Morgan fingerprint density at radius 3 is 1.80 bits per heavy atom. The van der Waals surface area contributed by atoms with E-state index in [-0.39, 0.29) is 0 Å². The Hall–Kier alpha value is -5.32. The van der Waals surface area contributed by atoms with Crippen molar-refractivity contribution in [2.24, 2.45) is 0 Å². The third-order valence-electron chi connectivity index (χ3n) is 8.51. The van der Waals surface area contributed by atoms with Gasteiger partial charge < -0.3 is 29.9 Å². The van der Waals surface area contributed by atoms with Crippen LogP contribution in [0.5, 0.6) is 0 Å². The van der Waals surface area contributed by atoms with Gasteiger partial charge in [-0.2, -0.15) is 0 Å². The maximum Gasteiger partial charge on any atom is 0.162 e. The van der Waals surface area contributed by atoms with Crippen LogP contribution in [0.2, 0.25) is 0 Å². The van der Waals surface area contributed by atoms with Crippen molar-refractivity contribution in [1.82, 2.24) is 19.9 Å². The summed E-state index contributed by atoms with van der Waals surface area (Å²) in [6, 6.07) is 31.1. The molecule has 2 saturated heterocycles. The molecule has 2 N–H and O–H groups in total. The summed E-state index contributed by atoms with van der Waals surface area (Å²) in [4.78, 5) is 23.8. The first-order valence-corrected chi connectivity index (χ1v) is 15.7. The SMILES string of the molecule is c1ccc2c(Nc3ccc(N4CCOCC4)cc3)nc(-c3ccc4ncnc(Nc5ccc(N6CCOCC6)cc5)c4c3)nc2c1. The van der Waals surface area contributed by atoms with Crippen LogP contribution in [0.15, 0.2) is 97.3 Å². The molecule has 46 heavy (non-hydrogen) atoms. The predicted octanol–water partition coefficient (Wildman–Crippen LogP) is 6.40. The smallest absolute Gasteiger partial charge is 0.162 e. The number of nitrogens with zero attached hydrogens (tertiary/aromatic N) is 6. The molecular weight excluding hydrogens is 576 g/mol. The van der Waals surface area contributed by atoms with E-state index in [1.165, 1.54) is 11.4 Å². The minimum atomic E-state index is 0.623. The minimum Gasteiger partial charge on any atom is -0.378 e. The summed E-state index contributed by atoms with van der Waals surface area (Å²) in [5, 5.41) is 8.90. The monoisotopic (exact) mass is 610 g/mol. The van der Waals surface area contributed by atoms with Crippen LogP contribution in [-0.2, 0) is 9.47 Å². The second kappa shape index (κ2) is 12.6. The number of fused-ring (bicyclic) bond motifs is 2. The fourth-order valence-corrected chi connectivity index (χ4v) is 6.02. The molecule has 0 amide bonds. The molecule has 0 atom stereocenters. The van der Waals surface area contributed by atoms with Gasteiger partial charge in [0.15, 0.2) is 5.82 Å². The van der Waals surface area contributed by atoms with E-state index in [9.17, 15) is 0 Å². The number of ether oxygens (including phenoxy) is 2. The molecule has 0 unspecified atom stereocenters. The Labute approximate surface area is 267 Å². The number of anilines is 6. The average Bonchev–Trinajstić information content (AvgIpc) is 3.13. The van der Waals surface area contributed by atoms with Gasteiger partial charge in [-0.25, -0.2) is 19.9 Å². The van der Waals surface area contributed by atoms with Crippen molar-refractivity contribution in [2.45, 2.75) is 0 Å². The lowest BCUT2D eigenvalue weighted by atomic mass is 10.1. The molecule has 4 aromatic carbocycles. The summed E-state index contributed by atoms with van der Waals surface area (Å²) in [6.07, 6.45) is 1.59. The molecule has 0 bridgehead atoms. The number of nitrogens with one attached hydrogen (secondary N) is 2. The lowest BCUT2D eigenvalue weighted by molar-refractivity contribution is 0.122. The molecule has 10 nitrogen and oxygen atoms in total. The number of hydrogen-bond donors (Lipinski definition) is 2. The number of rotatable bonds is 7. The van der Waals surface area contributed by atoms with E-state index >= 15 is 0 Å². The fraction of sp³-hybridized carbons (Fsp3) is 0.222. The minimum absolute atomic E-state index is 0.623. The summed E-state index contributed by atoms with van der Waals surface area (Å²) in [5.74, 6) is 2.10. The van der Waals surface area contributed by atoms with Gasteiger partial charge in [-0.1, -0.05) is 12.1 Å². The normalized spacial score (nSPS) is 15.3. The van der Waals surface area contributed by atoms with Gasteiger partial charge in [0, 0.05) is 65.3 Å². The van der Waals surface area contributed by atoms with E-state index in [0.29, 0.717) is 5.82 Å². The molecule has 6 aromatic rings. The van der Waals surface area contributed by atoms with Crippen LogP contribution in [0.25, 0.3) is 33.2 Å². The summed E-state index contributed by atoms with van der Waals surface area (Å²) in [7, 11) is 0. The van der Waals surface area contributed by atoms with Crippen LogP contribution in [-0.4, -0.2) is 72.5 Å². The van der Waals surface area contributed by atoms with E-state index < -0.39 is 0 Å². The molecule has 2 fully saturated rings. The molecule has 2 aliphatic heterocycles. The third-order valence-corrected chi connectivity index (χ3v) is 8.51. The molecule has 0 aliphatic carbocycles. The van der Waals surface area contributed by atoms with Crippen LogP contribution in [0, 0.1) is 0 Å². The highest BCUT2D eigenvalue weighted by Gasteiger charge is 2.15. The molecule has 0 radical (unpaired) electrons. The van der Waals surface area contributed by atoms with E-state index in [4.69, 9.17) is 19.4 Å². The first-order valence-electron chi connectivity index (χ1n) is 15.7. The van der Waals surface area contributed by atoms with Gasteiger partial charge in [-0.3, -0.25) is 0 Å². The van der Waals surface area contributed by atoms with Gasteiger partial charge in [0.05, 0.1) is 37.5 Å². The average molecular weight is 611 g/mol. The Morgan fingerprint density at radius 1 is 0.543 bits per heavy atom. The van der Waals surface area contributed by atoms with Gasteiger partial charge in [-0.05, 0) is 78.9 Å². The summed E-state index contributed by atoms with van der Waals surface area (Å²) >= 11 is 0. The second-order valence-electron chi connectivity index (χ2n) is 11.4. The van der Waals surface area contributed by atoms with Gasteiger partial charge >= 0.3 is 0 Å². The summed E-state index contributed by atoms with van der Waals surface area (Å²) in [5.41, 5.74) is 6.88. The van der Waals surface area contributed by atoms with Gasteiger partial charge in [0.25, 0.3) is 0 Å². The highest BCUT2D eigenvalue weighted by atomic mass is 16.5. The Balaban J connectivity index is 1.09. The van der Waals surface area contributed by atoms with Crippen LogP contribution >= 0.6 is 0 Å². The van der Waals surface area contributed by atoms with Crippen LogP contribution in [0.3, 0.4) is 0 Å². The lowest BCUT2D eigenvalue weighted by Crippen LogP contribution is -2.36. The maximum atomic E-state index is 5.51. The molecule has 2 aromatic heterocycles. The van der Waals surface area contributed by atoms with Crippen molar-refractivity contribution in [1.29, 1.82) is 0 Å². The Kier molecular flexibility index (Phi) is 7.71. The molecule has 4 heterocycles. The molecule has 8 rings (SSSR count). The topological polar surface area (TPSA) is 101 Å². The quantitative estimate of drug-likeness (QED) is 0.211. The van der Waals surface area contributed by atoms with Crippen LogP contribution in [0.1, 0.15) is 0 Å². The van der Waals surface area contributed by atoms with E-state index in [1.807, 2.05) is 36.4 Å². The standard InChI is InChI=1S/C36H34N8O2/c1-2-4-33-30(3-1)36(40-27-8-12-29(13-9-27)44-17-21-46-22-18-44)42-34(41-33)25-5-14-32-31(23-25)35(38-24-37-32)39-26-6-10-28(11-7-26)43-15-19-45-20-16-43/h1-14,23-24H,15-22H2,(H,37,38,39)(H,40,41,42). The van der Waals surface area contributed by atoms with E-state index in [2.05, 4.69) is 85.0 Å². The number of morpholine rings is 2. The lowest BCUT2D eigenvalue weighted by Gasteiger charge is -2.29. The van der Waals surface area contributed by atoms with Gasteiger partial charge in [0.1, 0.15) is 18.0 Å². The second-order valence-corrected chi connectivity index (χ2v) is 11.4. The number of para-hydroxylation sites is 1. The number of aromatic nitrogens is 4. The predicted molar refractivity (Wildman–Crippen MR) is 184 cm³/mol. The Morgan fingerprint density at radius 2 is 1.15 bits per heavy atom. The van der Waals surface area contributed by atoms with Crippen molar-refractivity contribution in [3.8, 4) is 11.4 Å². The van der Waals surface area contributed by atoms with E-state index in [0.717, 1.165) is 103 Å². The zero-order valence-corrected chi connectivity index (χ0v) is 25.4. The summed E-state index contributed by atoms with van der Waals surface area (Å²) in [6.45, 7) is 6.66. The molecule has 10 heteroatoms. The molecule has 0 spiro atoms. The highest BCUT2D eigenvalue weighted by Crippen LogP contribution is 2.32. The van der Waals surface area contributed by atoms with Crippen molar-refractivity contribution >= 4 is 56.2 Å². The van der Waals surface area contributed by atoms with E-state index in [1.54, 1.807) is 6.33 Å². The first kappa shape index (κ1) is 28.2. The first-order chi connectivity index (χ1) is 22.8. The van der Waals surface area contributed by atoms with Crippen LogP contribution in [0.4, 0.5) is 34.4 Å². The number of benzene rings is 4. The van der Waals surface area contributed by atoms with Crippen molar-refractivity contribution in [3.05, 3.63) is 97.3 Å². The highest BCUT2D eigenvalue weighted by molar-refractivity contribution is 5.95. The maximum absolute atomic E-state index is 5.51. The van der Waals surface area contributed by atoms with Crippen molar-refractivity contribution in [2.75, 3.05) is 73.0 Å². The molecule has 230 valence electrons. The fourth-order valence-electron chi connectivity index (χ4n) is 6.02. The van der Waals surface area contributed by atoms with Crippen LogP contribution < -0.4 is 20.4 Å². The molecule has 0 saturated carbocycles. The van der Waals surface area contributed by atoms with Crippen molar-refractivity contribution < 1.29 is 9.47 Å². The van der Waals surface area contributed by atoms with Gasteiger partial charge in [0.2, 0.25) is 0 Å².